The molecule has 0 saturated carbocycles. The van der Waals surface area contributed by atoms with Crippen LogP contribution in [0.25, 0.3) is 0 Å². The van der Waals surface area contributed by atoms with Crippen molar-refractivity contribution >= 4 is 11.9 Å². The van der Waals surface area contributed by atoms with E-state index < -0.39 is 5.97 Å². The van der Waals surface area contributed by atoms with Gasteiger partial charge < -0.3 is 24.1 Å². The molecule has 0 spiro atoms. The Labute approximate surface area is 183 Å². The van der Waals surface area contributed by atoms with Gasteiger partial charge in [0.25, 0.3) is 5.91 Å². The predicted octanol–water partition coefficient (Wildman–Crippen LogP) is 3.96. The number of aromatic nitrogens is 1. The van der Waals surface area contributed by atoms with Crippen LogP contribution in [0.1, 0.15) is 60.5 Å². The molecule has 0 unspecified atom stereocenters. The van der Waals surface area contributed by atoms with Gasteiger partial charge in [0, 0.05) is 24.4 Å². The molecule has 0 fully saturated rings. The van der Waals surface area contributed by atoms with Crippen LogP contribution in [0.5, 0.6) is 11.5 Å². The number of esters is 1. The Kier molecular flexibility index (Phi) is 7.25. The Hall–Kier alpha value is -2.96. The molecule has 0 radical (unpaired) electrons. The average molecular weight is 429 g/mol. The summed E-state index contributed by atoms with van der Waals surface area (Å²) in [6.07, 6.45) is 0.834. The molecule has 1 aromatic heterocycles. The van der Waals surface area contributed by atoms with Gasteiger partial charge in [0.2, 0.25) is 0 Å². The molecule has 0 bridgehead atoms. The summed E-state index contributed by atoms with van der Waals surface area (Å²) in [7, 11) is 0. The number of hydrogen-bond acceptors (Lipinski definition) is 5. The lowest BCUT2D eigenvalue weighted by molar-refractivity contribution is -0.125. The highest BCUT2D eigenvalue weighted by atomic mass is 16.5. The average Bonchev–Trinajstić information content (AvgIpc) is 2.90. The number of carbonyl (C=O) groups excluding carboxylic acids is 2. The third-order valence-corrected chi connectivity index (χ3v) is 5.56. The molecule has 31 heavy (non-hydrogen) atoms. The van der Waals surface area contributed by atoms with Crippen LogP contribution in [0.4, 0.5) is 0 Å². The van der Waals surface area contributed by atoms with E-state index in [0.717, 1.165) is 29.9 Å². The van der Waals surface area contributed by atoms with Crippen molar-refractivity contribution in [2.75, 3.05) is 19.8 Å². The number of rotatable bonds is 7. The van der Waals surface area contributed by atoms with Gasteiger partial charge in [-0.25, -0.2) is 4.79 Å². The first kappa shape index (κ1) is 22.7. The van der Waals surface area contributed by atoms with Crippen LogP contribution in [0, 0.1) is 19.8 Å². The topological polar surface area (TPSA) is 78.8 Å². The highest BCUT2D eigenvalue weighted by molar-refractivity contribution is 5.92. The molecule has 168 valence electrons. The lowest BCUT2D eigenvalue weighted by Gasteiger charge is -2.24. The Morgan fingerprint density at radius 2 is 1.84 bits per heavy atom. The maximum atomic E-state index is 12.6. The van der Waals surface area contributed by atoms with Gasteiger partial charge in [-0.05, 0) is 50.5 Å². The monoisotopic (exact) mass is 428 g/mol. The number of nitrogens with one attached hydrogen (secondary N) is 1. The van der Waals surface area contributed by atoms with Crippen molar-refractivity contribution < 1.29 is 23.8 Å². The minimum Gasteiger partial charge on any atom is -0.490 e. The maximum absolute atomic E-state index is 12.6. The van der Waals surface area contributed by atoms with Crippen LogP contribution in [-0.4, -0.2) is 36.3 Å². The van der Waals surface area contributed by atoms with E-state index in [1.54, 1.807) is 6.07 Å². The van der Waals surface area contributed by atoms with Gasteiger partial charge >= 0.3 is 5.97 Å². The summed E-state index contributed by atoms with van der Waals surface area (Å²) in [6, 6.07) is 7.28. The fraction of sp³-hybridized carbons (Fsp3) is 0.500. The van der Waals surface area contributed by atoms with Crippen LogP contribution in [0.3, 0.4) is 0 Å². The number of amides is 1. The third kappa shape index (κ3) is 5.21. The molecule has 1 amide bonds. The lowest BCUT2D eigenvalue weighted by Crippen LogP contribution is -2.35. The molecular weight excluding hydrogens is 396 g/mol. The quantitative estimate of drug-likeness (QED) is 0.676. The standard InChI is InChI=1S/C24H32N2O5/c1-6-26-16(4)12-19(17(26)5)24(28)31-14-22(27)25-23(15(2)3)18-8-9-20-21(13-18)30-11-7-10-29-20/h8-9,12-13,15,23H,6-7,10-11,14H2,1-5H3,(H,25,27)/t23-/m1/s1. The molecule has 1 atom stereocenters. The number of nitrogens with zero attached hydrogens (tertiary/aromatic N) is 1. The van der Waals surface area contributed by atoms with E-state index in [-0.39, 0.29) is 24.5 Å². The highest BCUT2D eigenvalue weighted by Gasteiger charge is 2.23. The molecular formula is C24H32N2O5. The van der Waals surface area contributed by atoms with Crippen LogP contribution in [-0.2, 0) is 16.1 Å². The minimum absolute atomic E-state index is 0.132. The first-order chi connectivity index (χ1) is 14.8. The number of carbonyl (C=O) groups is 2. The van der Waals surface area contributed by atoms with Gasteiger partial charge in [-0.2, -0.15) is 0 Å². The Morgan fingerprint density at radius 3 is 2.48 bits per heavy atom. The molecule has 7 heteroatoms. The second-order valence-corrected chi connectivity index (χ2v) is 8.15. The molecule has 0 aliphatic carbocycles. The summed E-state index contributed by atoms with van der Waals surface area (Å²) < 4.78 is 18.8. The molecule has 1 aliphatic rings. The number of aryl methyl sites for hydroxylation is 1. The molecule has 7 nitrogen and oxygen atoms in total. The summed E-state index contributed by atoms with van der Waals surface area (Å²) in [5.74, 6) is 0.706. The second-order valence-electron chi connectivity index (χ2n) is 8.15. The first-order valence-electron chi connectivity index (χ1n) is 10.8. The van der Waals surface area contributed by atoms with Gasteiger partial charge in [0.05, 0.1) is 24.8 Å². The van der Waals surface area contributed by atoms with E-state index in [0.29, 0.717) is 30.3 Å². The van der Waals surface area contributed by atoms with E-state index >= 15 is 0 Å². The van der Waals surface area contributed by atoms with Crippen molar-refractivity contribution in [2.24, 2.45) is 5.92 Å². The largest absolute Gasteiger partial charge is 0.490 e. The van der Waals surface area contributed by atoms with E-state index in [4.69, 9.17) is 14.2 Å². The van der Waals surface area contributed by atoms with Crippen molar-refractivity contribution in [3.05, 3.63) is 46.8 Å². The van der Waals surface area contributed by atoms with E-state index in [9.17, 15) is 9.59 Å². The van der Waals surface area contributed by atoms with Crippen molar-refractivity contribution in [3.8, 4) is 11.5 Å². The van der Waals surface area contributed by atoms with E-state index in [1.165, 1.54) is 0 Å². The van der Waals surface area contributed by atoms with Crippen LogP contribution < -0.4 is 14.8 Å². The predicted molar refractivity (Wildman–Crippen MR) is 118 cm³/mol. The Balaban J connectivity index is 1.65. The first-order valence-corrected chi connectivity index (χ1v) is 10.8. The van der Waals surface area contributed by atoms with Crippen LogP contribution in [0.2, 0.25) is 0 Å². The molecule has 1 aromatic carbocycles. The van der Waals surface area contributed by atoms with Crippen molar-refractivity contribution in [1.82, 2.24) is 9.88 Å². The van der Waals surface area contributed by atoms with Crippen molar-refractivity contribution in [3.63, 3.8) is 0 Å². The smallest absolute Gasteiger partial charge is 0.340 e. The van der Waals surface area contributed by atoms with Gasteiger partial charge in [0.1, 0.15) is 0 Å². The zero-order chi connectivity index (χ0) is 22.5. The molecule has 1 aliphatic heterocycles. The SMILES string of the molecule is CCn1c(C)cc(C(=O)OCC(=O)N[C@@H](c2ccc3c(c2)OCCCO3)C(C)C)c1C. The lowest BCUT2D eigenvalue weighted by atomic mass is 9.95. The second kappa shape index (κ2) is 9.90. The zero-order valence-corrected chi connectivity index (χ0v) is 19.0. The fourth-order valence-corrected chi connectivity index (χ4v) is 3.93. The van der Waals surface area contributed by atoms with Gasteiger partial charge in [-0.3, -0.25) is 4.79 Å². The van der Waals surface area contributed by atoms with Gasteiger partial charge in [-0.15, -0.1) is 0 Å². The maximum Gasteiger partial charge on any atom is 0.340 e. The van der Waals surface area contributed by atoms with Crippen LogP contribution >= 0.6 is 0 Å². The van der Waals surface area contributed by atoms with Crippen LogP contribution in [0.15, 0.2) is 24.3 Å². The number of benzene rings is 1. The summed E-state index contributed by atoms with van der Waals surface area (Å²) in [5.41, 5.74) is 3.25. The zero-order valence-electron chi connectivity index (χ0n) is 19.0. The molecule has 2 aromatic rings. The normalized spacial score (nSPS) is 14.1. The number of hydrogen-bond donors (Lipinski definition) is 1. The number of fused-ring (bicyclic) bond motifs is 1. The summed E-state index contributed by atoms with van der Waals surface area (Å²) in [6.45, 7) is 11.6. The number of ether oxygens (including phenoxy) is 3. The van der Waals surface area contributed by atoms with Gasteiger partial charge in [0.15, 0.2) is 18.1 Å². The van der Waals surface area contributed by atoms with E-state index in [2.05, 4.69) is 5.32 Å². The van der Waals surface area contributed by atoms with Crippen molar-refractivity contribution in [2.45, 2.75) is 53.6 Å². The minimum atomic E-state index is -0.486. The summed E-state index contributed by atoms with van der Waals surface area (Å²) in [4.78, 5) is 25.1. The summed E-state index contributed by atoms with van der Waals surface area (Å²) in [5, 5.41) is 2.99. The molecule has 1 N–H and O–H groups in total. The molecule has 0 saturated heterocycles. The van der Waals surface area contributed by atoms with E-state index in [1.807, 2.05) is 57.4 Å². The molecule has 2 heterocycles. The summed E-state index contributed by atoms with van der Waals surface area (Å²) >= 11 is 0. The van der Waals surface area contributed by atoms with Gasteiger partial charge in [-0.1, -0.05) is 19.9 Å². The molecule has 3 rings (SSSR count). The van der Waals surface area contributed by atoms with Crippen molar-refractivity contribution in [1.29, 1.82) is 0 Å². The highest BCUT2D eigenvalue weighted by Crippen LogP contribution is 2.34. The Morgan fingerprint density at radius 1 is 1.13 bits per heavy atom. The fourth-order valence-electron chi connectivity index (χ4n) is 3.93. The Bertz CT molecular complexity index is 948. The third-order valence-electron chi connectivity index (χ3n) is 5.56.